The maximum absolute atomic E-state index is 13.4. The van der Waals surface area contributed by atoms with Gasteiger partial charge < -0.3 is 10.3 Å². The monoisotopic (exact) mass is 475 g/mol. The number of alkyl halides is 5. The third kappa shape index (κ3) is 4.26. The molecule has 6 nitrogen and oxygen atoms in total. The van der Waals surface area contributed by atoms with Crippen molar-refractivity contribution in [2.45, 2.75) is 24.6 Å². The fraction of sp³-hybridized carbons (Fsp3) is 0.217. The third-order valence-electron chi connectivity index (χ3n) is 5.74. The third-order valence-corrected chi connectivity index (χ3v) is 5.74. The van der Waals surface area contributed by atoms with Crippen LogP contribution in [0.4, 0.5) is 27.6 Å². The van der Waals surface area contributed by atoms with Gasteiger partial charge in [0.15, 0.2) is 0 Å². The van der Waals surface area contributed by atoms with Gasteiger partial charge in [0.25, 0.3) is 5.92 Å². The summed E-state index contributed by atoms with van der Waals surface area (Å²) in [5.41, 5.74) is 2.37. The lowest BCUT2D eigenvalue weighted by atomic mass is 10.1. The number of aromatic nitrogens is 3. The number of aromatic amines is 1. The van der Waals surface area contributed by atoms with Gasteiger partial charge in [-0.05, 0) is 42.0 Å². The SMILES string of the molecule is O=C(Nc1c[nH]c2ccc(-c3cnn(-c4ccc(C(F)(F)F)cc4)c3)cc12)[C@@H]1CC(F)(F)CN1. The first-order chi connectivity index (χ1) is 16.1. The highest BCUT2D eigenvalue weighted by Gasteiger charge is 2.42. The Labute approximate surface area is 189 Å². The van der Waals surface area contributed by atoms with E-state index in [2.05, 4.69) is 20.7 Å². The number of nitrogens with one attached hydrogen (secondary N) is 3. The van der Waals surface area contributed by atoms with E-state index in [4.69, 9.17) is 0 Å². The molecule has 0 radical (unpaired) electrons. The van der Waals surface area contributed by atoms with E-state index < -0.39 is 42.6 Å². The van der Waals surface area contributed by atoms with Crippen LogP contribution in [0.5, 0.6) is 0 Å². The van der Waals surface area contributed by atoms with Crippen molar-refractivity contribution in [3.63, 3.8) is 0 Å². The number of hydrogen-bond acceptors (Lipinski definition) is 3. The van der Waals surface area contributed by atoms with Gasteiger partial charge in [0.05, 0.1) is 35.7 Å². The number of anilines is 1. The quantitative estimate of drug-likeness (QED) is 0.365. The molecule has 0 saturated carbocycles. The van der Waals surface area contributed by atoms with E-state index in [0.717, 1.165) is 23.2 Å². The second-order valence-electron chi connectivity index (χ2n) is 8.16. The van der Waals surface area contributed by atoms with Gasteiger partial charge in [-0.2, -0.15) is 18.3 Å². The minimum absolute atomic E-state index is 0.453. The molecule has 3 N–H and O–H groups in total. The molecule has 5 rings (SSSR count). The van der Waals surface area contributed by atoms with Gasteiger partial charge in [0.2, 0.25) is 5.91 Å². The van der Waals surface area contributed by atoms with Crippen LogP contribution in [-0.2, 0) is 11.0 Å². The highest BCUT2D eigenvalue weighted by molar-refractivity contribution is 6.04. The van der Waals surface area contributed by atoms with Crippen molar-refractivity contribution in [1.29, 1.82) is 0 Å². The number of amides is 1. The Kier molecular flexibility index (Phi) is 5.16. The second kappa shape index (κ2) is 7.94. The molecule has 1 aliphatic heterocycles. The van der Waals surface area contributed by atoms with Crippen molar-refractivity contribution in [2.75, 3.05) is 11.9 Å². The summed E-state index contributed by atoms with van der Waals surface area (Å²) in [4.78, 5) is 15.5. The van der Waals surface area contributed by atoms with Crippen molar-refractivity contribution >= 4 is 22.5 Å². The number of nitrogens with zero attached hydrogens (tertiary/aromatic N) is 2. The first-order valence-electron chi connectivity index (χ1n) is 10.3. The Morgan fingerprint density at radius 3 is 2.56 bits per heavy atom. The standard InChI is InChI=1S/C23H18F5N5O/c24-22(25)8-19(30-12-22)21(34)32-20-10-29-18-6-1-13(7-17(18)20)14-9-31-33(11-14)16-4-2-15(3-5-16)23(26,27)28/h1-7,9-11,19,29-30H,8,12H2,(H,32,34)/t19-/m0/s1. The van der Waals surface area contributed by atoms with Crippen LogP contribution in [0.1, 0.15) is 12.0 Å². The summed E-state index contributed by atoms with van der Waals surface area (Å²) in [7, 11) is 0. The zero-order valence-corrected chi connectivity index (χ0v) is 17.5. The molecular formula is C23H18F5N5O. The fourth-order valence-electron chi connectivity index (χ4n) is 3.94. The van der Waals surface area contributed by atoms with Gasteiger partial charge in [0.1, 0.15) is 0 Å². The highest BCUT2D eigenvalue weighted by Crippen LogP contribution is 2.32. The largest absolute Gasteiger partial charge is 0.416 e. The molecule has 1 atom stereocenters. The fourth-order valence-corrected chi connectivity index (χ4v) is 3.94. The molecular weight excluding hydrogens is 457 g/mol. The van der Waals surface area contributed by atoms with Crippen LogP contribution in [0.2, 0.25) is 0 Å². The molecule has 176 valence electrons. The average Bonchev–Trinajstić information content (AvgIpc) is 3.52. The highest BCUT2D eigenvalue weighted by atomic mass is 19.4. The van der Waals surface area contributed by atoms with Crippen molar-refractivity contribution in [2.24, 2.45) is 0 Å². The van der Waals surface area contributed by atoms with Crippen LogP contribution in [0.15, 0.2) is 61.1 Å². The van der Waals surface area contributed by atoms with Gasteiger partial charge in [-0.1, -0.05) is 6.07 Å². The van der Waals surface area contributed by atoms with Crippen LogP contribution in [0.3, 0.4) is 0 Å². The number of fused-ring (bicyclic) bond motifs is 1. The van der Waals surface area contributed by atoms with E-state index in [0.29, 0.717) is 22.3 Å². The van der Waals surface area contributed by atoms with Crippen LogP contribution >= 0.6 is 0 Å². The lowest BCUT2D eigenvalue weighted by Gasteiger charge is -2.10. The molecule has 11 heteroatoms. The van der Waals surface area contributed by atoms with Gasteiger partial charge in [0, 0.05) is 35.3 Å². The molecule has 0 bridgehead atoms. The smallest absolute Gasteiger partial charge is 0.359 e. The molecule has 1 fully saturated rings. The summed E-state index contributed by atoms with van der Waals surface area (Å²) in [5.74, 6) is -3.46. The van der Waals surface area contributed by atoms with Crippen LogP contribution in [0, 0.1) is 0 Å². The number of rotatable bonds is 4. The van der Waals surface area contributed by atoms with Crippen LogP contribution in [-0.4, -0.2) is 39.2 Å². The number of H-pyrrole nitrogens is 1. The van der Waals surface area contributed by atoms with E-state index in [1.54, 1.807) is 24.7 Å². The molecule has 4 aromatic rings. The molecule has 34 heavy (non-hydrogen) atoms. The number of carbonyl (C=O) groups is 1. The Bertz CT molecular complexity index is 1360. The maximum Gasteiger partial charge on any atom is 0.416 e. The first kappa shape index (κ1) is 22.1. The molecule has 0 unspecified atom stereocenters. The normalized spacial score (nSPS) is 17.9. The molecule has 2 aromatic carbocycles. The number of hydrogen-bond donors (Lipinski definition) is 3. The van der Waals surface area contributed by atoms with Crippen molar-refractivity contribution < 1.29 is 26.7 Å². The summed E-state index contributed by atoms with van der Waals surface area (Å²) in [6.45, 7) is -0.536. The minimum atomic E-state index is -4.42. The maximum atomic E-state index is 13.4. The summed E-state index contributed by atoms with van der Waals surface area (Å²) < 4.78 is 66.7. The lowest BCUT2D eigenvalue weighted by Crippen LogP contribution is -2.35. The minimum Gasteiger partial charge on any atom is -0.359 e. The molecule has 0 aliphatic carbocycles. The second-order valence-corrected chi connectivity index (χ2v) is 8.16. The summed E-state index contributed by atoms with van der Waals surface area (Å²) in [6, 6.07) is 9.12. The first-order valence-corrected chi connectivity index (χ1v) is 10.3. The van der Waals surface area contributed by atoms with Gasteiger partial charge in [-0.25, -0.2) is 13.5 Å². The predicted octanol–water partition coefficient (Wildman–Crippen LogP) is 4.98. The molecule has 1 saturated heterocycles. The average molecular weight is 475 g/mol. The van der Waals surface area contributed by atoms with Crippen molar-refractivity contribution in [3.05, 3.63) is 66.6 Å². The Hall–Kier alpha value is -3.73. The zero-order chi connectivity index (χ0) is 24.1. The Balaban J connectivity index is 1.38. The van der Waals surface area contributed by atoms with Gasteiger partial charge in [-0.3, -0.25) is 10.1 Å². The lowest BCUT2D eigenvalue weighted by molar-refractivity contribution is -0.137. The summed E-state index contributed by atoms with van der Waals surface area (Å²) in [5, 5.41) is 10.1. The molecule has 1 aliphatic rings. The van der Waals surface area contributed by atoms with Crippen molar-refractivity contribution in [3.8, 4) is 16.8 Å². The van der Waals surface area contributed by atoms with Crippen molar-refractivity contribution in [1.82, 2.24) is 20.1 Å². The topological polar surface area (TPSA) is 74.7 Å². The van der Waals surface area contributed by atoms with E-state index >= 15 is 0 Å². The van der Waals surface area contributed by atoms with Crippen LogP contribution < -0.4 is 10.6 Å². The predicted molar refractivity (Wildman–Crippen MR) is 116 cm³/mol. The molecule has 0 spiro atoms. The van der Waals surface area contributed by atoms with Gasteiger partial charge in [-0.15, -0.1) is 0 Å². The van der Waals surface area contributed by atoms with Gasteiger partial charge >= 0.3 is 6.18 Å². The van der Waals surface area contributed by atoms with E-state index in [1.807, 2.05) is 12.1 Å². The summed E-state index contributed by atoms with van der Waals surface area (Å²) in [6.07, 6.45) is -0.129. The number of carbonyl (C=O) groups excluding carboxylic acids is 1. The molecule has 3 heterocycles. The Morgan fingerprint density at radius 1 is 1.12 bits per heavy atom. The van der Waals surface area contributed by atoms with Crippen LogP contribution in [0.25, 0.3) is 27.7 Å². The molecule has 1 amide bonds. The zero-order valence-electron chi connectivity index (χ0n) is 17.5. The Morgan fingerprint density at radius 2 is 1.88 bits per heavy atom. The number of benzene rings is 2. The molecule has 2 aromatic heterocycles. The number of halogens is 5. The van der Waals surface area contributed by atoms with E-state index in [1.165, 1.54) is 16.8 Å². The van der Waals surface area contributed by atoms with E-state index in [9.17, 15) is 26.7 Å². The van der Waals surface area contributed by atoms with E-state index in [-0.39, 0.29) is 0 Å². The summed E-state index contributed by atoms with van der Waals surface area (Å²) >= 11 is 0.